The Hall–Kier alpha value is -0.790. The molecule has 2 aliphatic carbocycles. The number of ether oxygens (including phenoxy) is 1. The summed E-state index contributed by atoms with van der Waals surface area (Å²) in [5.74, 6) is 1.62. The Kier molecular flexibility index (Phi) is 4.70. The van der Waals surface area contributed by atoms with Gasteiger partial charge in [-0.1, -0.05) is 45.3 Å². The summed E-state index contributed by atoms with van der Waals surface area (Å²) in [6, 6.07) is 0. The van der Waals surface area contributed by atoms with Gasteiger partial charge in [0.2, 0.25) is 0 Å². The molecule has 4 unspecified atom stereocenters. The largest absolute Gasteiger partial charge is 0.465 e. The zero-order valence-corrected chi connectivity index (χ0v) is 12.7. The van der Waals surface area contributed by atoms with E-state index < -0.39 is 0 Å². The highest BCUT2D eigenvalue weighted by molar-refractivity contribution is 5.78. The third-order valence-corrected chi connectivity index (χ3v) is 5.14. The maximum absolute atomic E-state index is 12.4. The Balaban J connectivity index is 1.82. The number of fused-ring (bicyclic) bond motifs is 2. The SMILES string of the molecule is CCCCC(CC)COC(=O)C1(C)CC2C=CC1C2. The van der Waals surface area contributed by atoms with Crippen LogP contribution >= 0.6 is 0 Å². The maximum Gasteiger partial charge on any atom is 0.312 e. The lowest BCUT2D eigenvalue weighted by Crippen LogP contribution is -2.34. The Bertz CT molecular complexity index is 347. The van der Waals surface area contributed by atoms with Gasteiger partial charge in [0.15, 0.2) is 0 Å². The minimum atomic E-state index is -0.248. The minimum Gasteiger partial charge on any atom is -0.465 e. The van der Waals surface area contributed by atoms with Gasteiger partial charge in [0, 0.05) is 0 Å². The maximum atomic E-state index is 12.4. The second-order valence-electron chi connectivity index (χ2n) is 6.62. The molecule has 19 heavy (non-hydrogen) atoms. The normalized spacial score (nSPS) is 33.6. The van der Waals surface area contributed by atoms with Crippen LogP contribution in [-0.4, -0.2) is 12.6 Å². The molecular formula is C17H28O2. The lowest BCUT2D eigenvalue weighted by atomic mass is 9.78. The summed E-state index contributed by atoms with van der Waals surface area (Å²) in [5, 5.41) is 0. The zero-order chi connectivity index (χ0) is 13.9. The predicted octanol–water partition coefficient (Wildman–Crippen LogP) is 4.35. The van der Waals surface area contributed by atoms with Crippen LogP contribution in [0.25, 0.3) is 0 Å². The molecule has 0 radical (unpaired) electrons. The smallest absolute Gasteiger partial charge is 0.312 e. The van der Waals surface area contributed by atoms with Crippen LogP contribution in [0.1, 0.15) is 59.3 Å². The van der Waals surface area contributed by atoms with Crippen LogP contribution in [0, 0.1) is 23.2 Å². The van der Waals surface area contributed by atoms with Gasteiger partial charge < -0.3 is 4.74 Å². The number of hydrogen-bond donors (Lipinski definition) is 0. The Morgan fingerprint density at radius 3 is 2.74 bits per heavy atom. The van der Waals surface area contributed by atoms with E-state index in [4.69, 9.17) is 4.74 Å². The van der Waals surface area contributed by atoms with Gasteiger partial charge in [-0.2, -0.15) is 0 Å². The van der Waals surface area contributed by atoms with Gasteiger partial charge in [-0.15, -0.1) is 0 Å². The summed E-state index contributed by atoms with van der Waals surface area (Å²) in [6.07, 6.45) is 11.4. The first-order valence-electron chi connectivity index (χ1n) is 7.95. The number of unbranched alkanes of at least 4 members (excludes halogenated alkanes) is 1. The molecular weight excluding hydrogens is 236 g/mol. The van der Waals surface area contributed by atoms with Gasteiger partial charge in [0.1, 0.15) is 0 Å². The van der Waals surface area contributed by atoms with Crippen molar-refractivity contribution in [3.05, 3.63) is 12.2 Å². The van der Waals surface area contributed by atoms with Crippen LogP contribution in [0.2, 0.25) is 0 Å². The number of rotatable bonds is 7. The first kappa shape index (κ1) is 14.6. The molecule has 0 N–H and O–H groups in total. The number of esters is 1. The fraction of sp³-hybridized carbons (Fsp3) is 0.824. The summed E-state index contributed by atoms with van der Waals surface area (Å²) >= 11 is 0. The third-order valence-electron chi connectivity index (χ3n) is 5.14. The van der Waals surface area contributed by atoms with Gasteiger partial charge in [0.05, 0.1) is 12.0 Å². The molecule has 108 valence electrons. The van der Waals surface area contributed by atoms with Gasteiger partial charge in [-0.3, -0.25) is 4.79 Å². The van der Waals surface area contributed by atoms with Crippen molar-refractivity contribution >= 4 is 5.97 Å². The molecule has 0 spiro atoms. The standard InChI is InChI=1S/C17H28O2/c1-4-6-7-13(5-2)12-19-16(18)17(3)11-14-8-9-15(17)10-14/h8-9,13-15H,4-7,10-12H2,1-3H3. The van der Waals surface area contributed by atoms with Crippen LogP contribution in [0.3, 0.4) is 0 Å². The summed E-state index contributed by atoms with van der Waals surface area (Å²) < 4.78 is 5.66. The van der Waals surface area contributed by atoms with Crippen molar-refractivity contribution in [2.75, 3.05) is 6.61 Å². The van der Waals surface area contributed by atoms with Gasteiger partial charge in [-0.25, -0.2) is 0 Å². The molecule has 0 heterocycles. The van der Waals surface area contributed by atoms with E-state index in [9.17, 15) is 4.79 Å². The lowest BCUT2D eigenvalue weighted by molar-refractivity contribution is -0.158. The Labute approximate surface area is 117 Å². The van der Waals surface area contributed by atoms with E-state index in [0.717, 1.165) is 19.3 Å². The van der Waals surface area contributed by atoms with E-state index in [1.807, 2.05) is 0 Å². The molecule has 2 rings (SSSR count). The average molecular weight is 264 g/mol. The molecule has 0 saturated heterocycles. The van der Waals surface area contributed by atoms with E-state index in [2.05, 4.69) is 32.9 Å². The highest BCUT2D eigenvalue weighted by atomic mass is 16.5. The highest BCUT2D eigenvalue weighted by Crippen LogP contribution is 2.52. The van der Waals surface area contributed by atoms with Crippen molar-refractivity contribution in [1.29, 1.82) is 0 Å². The minimum absolute atomic E-state index is 0.0410. The fourth-order valence-electron chi connectivity index (χ4n) is 3.59. The van der Waals surface area contributed by atoms with Crippen LogP contribution in [0.5, 0.6) is 0 Å². The van der Waals surface area contributed by atoms with Gasteiger partial charge in [0.25, 0.3) is 0 Å². The molecule has 2 nitrogen and oxygen atoms in total. The summed E-state index contributed by atoms with van der Waals surface area (Å²) in [4.78, 5) is 12.4. The molecule has 0 amide bonds. The third kappa shape index (κ3) is 3.04. The summed E-state index contributed by atoms with van der Waals surface area (Å²) in [5.41, 5.74) is -0.248. The molecule has 4 atom stereocenters. The van der Waals surface area contributed by atoms with Crippen LogP contribution < -0.4 is 0 Å². The number of carbonyl (C=O) groups is 1. The number of allylic oxidation sites excluding steroid dienone is 2. The molecule has 1 saturated carbocycles. The monoisotopic (exact) mass is 264 g/mol. The van der Waals surface area contributed by atoms with E-state index in [1.54, 1.807) is 0 Å². The van der Waals surface area contributed by atoms with Crippen molar-refractivity contribution < 1.29 is 9.53 Å². The molecule has 2 heteroatoms. The van der Waals surface area contributed by atoms with E-state index in [-0.39, 0.29) is 11.4 Å². The first-order valence-corrected chi connectivity index (χ1v) is 7.95. The first-order chi connectivity index (χ1) is 9.10. The molecule has 0 aliphatic heterocycles. The summed E-state index contributed by atoms with van der Waals surface area (Å²) in [7, 11) is 0. The molecule has 0 aromatic heterocycles. The van der Waals surface area contributed by atoms with Crippen molar-refractivity contribution in [3.8, 4) is 0 Å². The number of hydrogen-bond acceptors (Lipinski definition) is 2. The lowest BCUT2D eigenvalue weighted by Gasteiger charge is -2.29. The molecule has 0 aromatic carbocycles. The molecule has 2 aliphatic rings. The predicted molar refractivity (Wildman–Crippen MR) is 77.7 cm³/mol. The summed E-state index contributed by atoms with van der Waals surface area (Å²) in [6.45, 7) is 7.11. The topological polar surface area (TPSA) is 26.3 Å². The average Bonchev–Trinajstić information content (AvgIpc) is 2.99. The van der Waals surface area contributed by atoms with Crippen molar-refractivity contribution in [3.63, 3.8) is 0 Å². The van der Waals surface area contributed by atoms with Crippen molar-refractivity contribution in [2.24, 2.45) is 23.2 Å². The van der Waals surface area contributed by atoms with Crippen molar-refractivity contribution in [2.45, 2.75) is 59.3 Å². The van der Waals surface area contributed by atoms with Crippen LogP contribution in [-0.2, 0) is 9.53 Å². The Morgan fingerprint density at radius 2 is 2.21 bits per heavy atom. The Morgan fingerprint density at radius 1 is 1.42 bits per heavy atom. The van der Waals surface area contributed by atoms with E-state index in [1.165, 1.54) is 19.3 Å². The van der Waals surface area contributed by atoms with Gasteiger partial charge in [-0.05, 0) is 43.9 Å². The van der Waals surface area contributed by atoms with Crippen molar-refractivity contribution in [1.82, 2.24) is 0 Å². The highest BCUT2D eigenvalue weighted by Gasteiger charge is 2.51. The zero-order valence-electron chi connectivity index (χ0n) is 12.7. The van der Waals surface area contributed by atoms with Crippen LogP contribution in [0.4, 0.5) is 0 Å². The number of carbonyl (C=O) groups excluding carboxylic acids is 1. The quantitative estimate of drug-likeness (QED) is 0.505. The second-order valence-corrected chi connectivity index (χ2v) is 6.62. The second kappa shape index (κ2) is 6.11. The van der Waals surface area contributed by atoms with Gasteiger partial charge >= 0.3 is 5.97 Å². The van der Waals surface area contributed by atoms with Crippen LogP contribution in [0.15, 0.2) is 12.2 Å². The fourth-order valence-corrected chi connectivity index (χ4v) is 3.59. The van der Waals surface area contributed by atoms with E-state index in [0.29, 0.717) is 24.4 Å². The molecule has 2 bridgehead atoms. The molecule has 0 aromatic rings. The van der Waals surface area contributed by atoms with E-state index >= 15 is 0 Å². The molecule has 1 fully saturated rings.